The molecule has 5 nitrogen and oxygen atoms in total. The van der Waals surface area contributed by atoms with Crippen molar-refractivity contribution in [2.24, 2.45) is 17.3 Å². The molecule has 116 valence electrons. The highest BCUT2D eigenvalue weighted by Gasteiger charge is 2.32. The minimum absolute atomic E-state index is 0.156. The quantitative estimate of drug-likeness (QED) is 0.726. The molecule has 20 heavy (non-hydrogen) atoms. The lowest BCUT2D eigenvalue weighted by atomic mass is 9.79. The van der Waals surface area contributed by atoms with Gasteiger partial charge in [-0.3, -0.25) is 4.79 Å². The molecule has 0 saturated heterocycles. The van der Waals surface area contributed by atoms with E-state index in [1.165, 1.54) is 0 Å². The summed E-state index contributed by atoms with van der Waals surface area (Å²) in [4.78, 5) is 23.0. The van der Waals surface area contributed by atoms with Crippen LogP contribution in [0.3, 0.4) is 0 Å². The summed E-state index contributed by atoms with van der Waals surface area (Å²) in [5.74, 6) is 0.459. The van der Waals surface area contributed by atoms with Crippen molar-refractivity contribution in [3.8, 4) is 0 Å². The first kappa shape index (κ1) is 16.8. The van der Waals surface area contributed by atoms with Crippen molar-refractivity contribution in [3.05, 3.63) is 0 Å². The van der Waals surface area contributed by atoms with Gasteiger partial charge in [0.1, 0.15) is 0 Å². The molecule has 0 spiro atoms. The molecule has 0 aromatic heterocycles. The molecule has 4 atom stereocenters. The number of carboxylic acid groups (broad SMARTS) is 1. The van der Waals surface area contributed by atoms with Crippen LogP contribution in [0, 0.1) is 17.3 Å². The molecule has 0 aromatic carbocycles. The van der Waals surface area contributed by atoms with Gasteiger partial charge < -0.3 is 15.7 Å². The fourth-order valence-corrected chi connectivity index (χ4v) is 2.54. The Bertz CT molecular complexity index is 359. The molecule has 0 bridgehead atoms. The van der Waals surface area contributed by atoms with Crippen molar-refractivity contribution in [1.82, 2.24) is 10.6 Å². The lowest BCUT2D eigenvalue weighted by Crippen LogP contribution is -2.48. The zero-order chi connectivity index (χ0) is 15.3. The molecule has 0 radical (unpaired) electrons. The Morgan fingerprint density at radius 3 is 2.40 bits per heavy atom. The SMILES string of the molecule is CCC(C)(CNC(=O)NC1CCC(C)C(C)C1)C(=O)O. The predicted octanol–water partition coefficient (Wildman–Crippen LogP) is 2.61. The van der Waals surface area contributed by atoms with Gasteiger partial charge in [0.05, 0.1) is 5.41 Å². The van der Waals surface area contributed by atoms with Crippen LogP contribution in [0.25, 0.3) is 0 Å². The molecule has 1 aliphatic carbocycles. The van der Waals surface area contributed by atoms with Crippen molar-refractivity contribution < 1.29 is 14.7 Å². The van der Waals surface area contributed by atoms with E-state index < -0.39 is 11.4 Å². The van der Waals surface area contributed by atoms with Gasteiger partial charge in [0.15, 0.2) is 0 Å². The van der Waals surface area contributed by atoms with Gasteiger partial charge in [0.2, 0.25) is 0 Å². The zero-order valence-electron chi connectivity index (χ0n) is 13.0. The third-order valence-electron chi connectivity index (χ3n) is 4.87. The molecule has 1 rings (SSSR count). The van der Waals surface area contributed by atoms with Crippen LogP contribution in [-0.2, 0) is 4.79 Å². The van der Waals surface area contributed by atoms with E-state index in [4.69, 9.17) is 5.11 Å². The highest BCUT2D eigenvalue weighted by atomic mass is 16.4. The first-order valence-corrected chi connectivity index (χ1v) is 7.56. The maximum atomic E-state index is 11.9. The van der Waals surface area contributed by atoms with Crippen molar-refractivity contribution in [2.45, 2.75) is 59.4 Å². The van der Waals surface area contributed by atoms with Gasteiger partial charge >= 0.3 is 12.0 Å². The maximum Gasteiger partial charge on any atom is 0.315 e. The number of carbonyl (C=O) groups excluding carboxylic acids is 1. The third-order valence-corrected chi connectivity index (χ3v) is 4.87. The molecule has 3 N–H and O–H groups in total. The Kier molecular flexibility index (Phi) is 5.84. The van der Waals surface area contributed by atoms with Crippen molar-refractivity contribution >= 4 is 12.0 Å². The number of carboxylic acids is 1. The van der Waals surface area contributed by atoms with Crippen LogP contribution in [-0.4, -0.2) is 29.7 Å². The summed E-state index contributed by atoms with van der Waals surface area (Å²) < 4.78 is 0. The predicted molar refractivity (Wildman–Crippen MR) is 78.5 cm³/mol. The van der Waals surface area contributed by atoms with Crippen LogP contribution in [0.15, 0.2) is 0 Å². The normalized spacial score (nSPS) is 29.3. The first-order chi connectivity index (χ1) is 9.28. The van der Waals surface area contributed by atoms with Crippen LogP contribution < -0.4 is 10.6 Å². The van der Waals surface area contributed by atoms with E-state index in [0.717, 1.165) is 19.3 Å². The van der Waals surface area contributed by atoms with Gasteiger partial charge in [0.25, 0.3) is 0 Å². The van der Waals surface area contributed by atoms with Gasteiger partial charge in [-0.05, 0) is 44.4 Å². The average molecular weight is 284 g/mol. The van der Waals surface area contributed by atoms with Crippen molar-refractivity contribution in [2.75, 3.05) is 6.54 Å². The Labute approximate surface area is 121 Å². The molecule has 2 amide bonds. The van der Waals surface area contributed by atoms with Gasteiger partial charge in [-0.1, -0.05) is 20.8 Å². The zero-order valence-corrected chi connectivity index (χ0v) is 13.0. The van der Waals surface area contributed by atoms with E-state index in [9.17, 15) is 9.59 Å². The number of aliphatic carboxylic acids is 1. The maximum absolute atomic E-state index is 11.9. The van der Waals surface area contributed by atoms with Crippen molar-refractivity contribution in [1.29, 1.82) is 0 Å². The standard InChI is InChI=1S/C15H28N2O3/c1-5-15(4,13(18)19)9-16-14(20)17-12-7-6-10(2)11(3)8-12/h10-12H,5-9H2,1-4H3,(H,18,19)(H2,16,17,20). The molecule has 0 aromatic rings. The smallest absolute Gasteiger partial charge is 0.315 e. The largest absolute Gasteiger partial charge is 0.481 e. The summed E-state index contributed by atoms with van der Waals surface area (Å²) in [6.45, 7) is 8.09. The summed E-state index contributed by atoms with van der Waals surface area (Å²) in [6, 6.07) is -0.0448. The molecule has 0 aliphatic heterocycles. The number of hydrogen-bond acceptors (Lipinski definition) is 2. The Morgan fingerprint density at radius 1 is 1.25 bits per heavy atom. The Balaban J connectivity index is 2.39. The summed E-state index contributed by atoms with van der Waals surface area (Å²) in [5, 5.41) is 14.8. The minimum atomic E-state index is -0.897. The third kappa shape index (κ3) is 4.39. The van der Waals surface area contributed by atoms with E-state index in [-0.39, 0.29) is 18.6 Å². The number of hydrogen-bond donors (Lipinski definition) is 3. The van der Waals surface area contributed by atoms with Gasteiger partial charge in [-0.2, -0.15) is 0 Å². The highest BCUT2D eigenvalue weighted by Crippen LogP contribution is 2.29. The second-order valence-electron chi connectivity index (χ2n) is 6.51. The van der Waals surface area contributed by atoms with E-state index in [1.54, 1.807) is 6.92 Å². The minimum Gasteiger partial charge on any atom is -0.481 e. The monoisotopic (exact) mass is 284 g/mol. The lowest BCUT2D eigenvalue weighted by molar-refractivity contribution is -0.147. The second-order valence-corrected chi connectivity index (χ2v) is 6.51. The molecule has 4 unspecified atom stereocenters. The number of urea groups is 1. The topological polar surface area (TPSA) is 78.4 Å². The molecule has 1 aliphatic rings. The molecular weight excluding hydrogens is 256 g/mol. The van der Waals surface area contributed by atoms with Gasteiger partial charge in [0, 0.05) is 12.6 Å². The molecule has 0 heterocycles. The molecule has 5 heteroatoms. The van der Waals surface area contributed by atoms with Crippen LogP contribution in [0.4, 0.5) is 4.79 Å². The number of rotatable bonds is 5. The molecule has 1 saturated carbocycles. The van der Waals surface area contributed by atoms with E-state index >= 15 is 0 Å². The summed E-state index contributed by atoms with van der Waals surface area (Å²) >= 11 is 0. The van der Waals surface area contributed by atoms with Crippen LogP contribution >= 0.6 is 0 Å². The Morgan fingerprint density at radius 2 is 1.90 bits per heavy atom. The van der Waals surface area contributed by atoms with E-state index in [0.29, 0.717) is 18.3 Å². The average Bonchev–Trinajstić information content (AvgIpc) is 2.40. The lowest BCUT2D eigenvalue weighted by Gasteiger charge is -2.32. The Hall–Kier alpha value is -1.26. The summed E-state index contributed by atoms with van der Waals surface area (Å²) in [7, 11) is 0. The summed E-state index contributed by atoms with van der Waals surface area (Å²) in [6.07, 6.45) is 3.62. The molecule has 1 fully saturated rings. The highest BCUT2D eigenvalue weighted by molar-refractivity contribution is 5.77. The van der Waals surface area contributed by atoms with E-state index in [2.05, 4.69) is 24.5 Å². The summed E-state index contributed by atoms with van der Waals surface area (Å²) in [5.41, 5.74) is -0.897. The van der Waals surface area contributed by atoms with Crippen LogP contribution in [0.2, 0.25) is 0 Å². The fourth-order valence-electron chi connectivity index (χ4n) is 2.54. The number of amides is 2. The van der Waals surface area contributed by atoms with Crippen LogP contribution in [0.1, 0.15) is 53.4 Å². The molecular formula is C15H28N2O3. The fraction of sp³-hybridized carbons (Fsp3) is 0.867. The van der Waals surface area contributed by atoms with E-state index in [1.807, 2.05) is 6.92 Å². The first-order valence-electron chi connectivity index (χ1n) is 7.56. The number of carbonyl (C=O) groups is 2. The van der Waals surface area contributed by atoms with Crippen molar-refractivity contribution in [3.63, 3.8) is 0 Å². The van der Waals surface area contributed by atoms with Gasteiger partial charge in [-0.15, -0.1) is 0 Å². The van der Waals surface area contributed by atoms with Gasteiger partial charge in [-0.25, -0.2) is 4.79 Å². The van der Waals surface area contributed by atoms with Crippen LogP contribution in [0.5, 0.6) is 0 Å². The second kappa shape index (κ2) is 6.95. The number of nitrogens with one attached hydrogen (secondary N) is 2.